The summed E-state index contributed by atoms with van der Waals surface area (Å²) in [5.74, 6) is -1.05. The third-order valence-corrected chi connectivity index (χ3v) is 6.72. The maximum Gasteiger partial charge on any atom is 0.330 e. The van der Waals surface area contributed by atoms with Gasteiger partial charge in [0.15, 0.2) is 0 Å². The van der Waals surface area contributed by atoms with E-state index in [2.05, 4.69) is 68.4 Å². The number of benzene rings is 2. The smallest absolute Gasteiger partial charge is 0.330 e. The van der Waals surface area contributed by atoms with Gasteiger partial charge in [0.05, 0.1) is 6.61 Å². The Morgan fingerprint density at radius 1 is 0.636 bits per heavy atom. The van der Waals surface area contributed by atoms with Crippen LogP contribution in [0.4, 0.5) is 0 Å². The van der Waals surface area contributed by atoms with Crippen molar-refractivity contribution >= 4 is 24.1 Å². The van der Waals surface area contributed by atoms with Gasteiger partial charge in [0.1, 0.15) is 11.5 Å². The summed E-state index contributed by atoms with van der Waals surface area (Å²) in [7, 11) is 1.00. The van der Waals surface area contributed by atoms with Crippen LogP contribution < -0.4 is 0 Å². The predicted molar refractivity (Wildman–Crippen MR) is 181 cm³/mol. The molecule has 2 aromatic carbocycles. The van der Waals surface area contributed by atoms with E-state index >= 15 is 0 Å². The monoisotopic (exact) mass is 612 g/mol. The number of phenolic OH excluding ortho intramolecular Hbond substituents is 2. The average Bonchev–Trinajstić information content (AvgIpc) is 2.86. The van der Waals surface area contributed by atoms with E-state index in [4.69, 9.17) is 14.9 Å². The first-order chi connectivity index (χ1) is 19.9. The van der Waals surface area contributed by atoms with Gasteiger partial charge in [-0.05, 0) is 64.0 Å². The first-order valence-corrected chi connectivity index (χ1v) is 14.9. The van der Waals surface area contributed by atoms with Crippen LogP contribution in [0, 0.1) is 0 Å². The van der Waals surface area contributed by atoms with Gasteiger partial charge in [-0.15, -0.1) is 0 Å². The Kier molecular flexibility index (Phi) is 14.6. The Bertz CT molecular complexity index is 1320. The summed E-state index contributed by atoms with van der Waals surface area (Å²) in [6.07, 6.45) is 5.48. The van der Waals surface area contributed by atoms with E-state index in [9.17, 15) is 19.8 Å². The molecule has 0 bridgehead atoms. The van der Waals surface area contributed by atoms with Gasteiger partial charge in [-0.3, -0.25) is 0 Å². The minimum Gasteiger partial charge on any atom is -0.507 e. The summed E-state index contributed by atoms with van der Waals surface area (Å²) in [6, 6.07) is 7.84. The van der Waals surface area contributed by atoms with Crippen LogP contribution in [-0.4, -0.2) is 46.1 Å². The van der Waals surface area contributed by atoms with E-state index in [-0.39, 0.29) is 33.2 Å². The highest BCUT2D eigenvalue weighted by molar-refractivity contribution is 5.88. The third-order valence-electron chi connectivity index (χ3n) is 6.72. The van der Waals surface area contributed by atoms with Crippen LogP contribution in [0.2, 0.25) is 0 Å². The molecule has 0 saturated carbocycles. The molecule has 0 amide bonds. The Balaban J connectivity index is 0.000000799. The molecule has 4 N–H and O–H groups in total. The number of hydrogen-bond acceptors (Lipinski definition) is 6. The van der Waals surface area contributed by atoms with Crippen molar-refractivity contribution < 1.29 is 34.8 Å². The molecule has 2 aromatic rings. The lowest BCUT2D eigenvalue weighted by molar-refractivity contribution is -0.137. The first kappa shape index (κ1) is 40.4. The molecule has 7 nitrogen and oxygen atoms in total. The van der Waals surface area contributed by atoms with Gasteiger partial charge in [-0.25, -0.2) is 9.59 Å². The molecule has 0 spiro atoms. The van der Waals surface area contributed by atoms with Crippen molar-refractivity contribution in [3.8, 4) is 11.5 Å². The van der Waals surface area contributed by atoms with Crippen molar-refractivity contribution in [1.82, 2.24) is 0 Å². The van der Waals surface area contributed by atoms with Crippen LogP contribution in [0.1, 0.15) is 123 Å². The van der Waals surface area contributed by atoms with Crippen LogP contribution in [-0.2, 0) is 36.0 Å². The number of aliphatic hydroxyl groups is 1. The highest BCUT2D eigenvalue weighted by atomic mass is 16.5. The van der Waals surface area contributed by atoms with Crippen molar-refractivity contribution in [2.75, 3.05) is 13.7 Å². The van der Waals surface area contributed by atoms with Crippen LogP contribution in [0.25, 0.3) is 12.2 Å². The van der Waals surface area contributed by atoms with Gasteiger partial charge in [-0.2, -0.15) is 0 Å². The van der Waals surface area contributed by atoms with Crippen molar-refractivity contribution in [1.29, 1.82) is 0 Å². The van der Waals surface area contributed by atoms with E-state index in [1.54, 1.807) is 13.0 Å². The fourth-order valence-corrected chi connectivity index (χ4v) is 4.09. The van der Waals surface area contributed by atoms with Gasteiger partial charge in [0.2, 0.25) is 0 Å². The lowest BCUT2D eigenvalue weighted by atomic mass is 9.79. The topological polar surface area (TPSA) is 124 Å². The summed E-state index contributed by atoms with van der Waals surface area (Å²) in [5, 5.41) is 36.7. The molecular formula is C37H56O7. The molecule has 0 saturated heterocycles. The number of carboxylic acid groups (broad SMARTS) is 1. The molecule has 0 aliphatic heterocycles. The van der Waals surface area contributed by atoms with Crippen LogP contribution in [0.5, 0.6) is 11.5 Å². The molecule has 0 aliphatic rings. The minimum atomic E-state index is -1.03. The summed E-state index contributed by atoms with van der Waals surface area (Å²) in [5.41, 5.74) is 4.59. The van der Waals surface area contributed by atoms with Crippen LogP contribution in [0.15, 0.2) is 36.4 Å². The second-order valence-electron chi connectivity index (χ2n) is 14.7. The third kappa shape index (κ3) is 12.6. The maximum absolute atomic E-state index is 11.5. The van der Waals surface area contributed by atoms with E-state index in [1.807, 2.05) is 39.0 Å². The number of ether oxygens (including phenoxy) is 1. The summed E-state index contributed by atoms with van der Waals surface area (Å²) >= 11 is 0. The molecule has 0 radical (unpaired) electrons. The molecule has 2 rings (SSSR count). The Morgan fingerprint density at radius 2 is 0.977 bits per heavy atom. The predicted octanol–water partition coefficient (Wildman–Crippen LogP) is 8.26. The number of rotatable bonds is 5. The number of aliphatic carboxylic acids is 1. The number of phenols is 2. The number of hydrogen-bond donors (Lipinski definition) is 4. The number of carboxylic acids is 1. The Labute approximate surface area is 265 Å². The van der Waals surface area contributed by atoms with E-state index in [0.29, 0.717) is 17.7 Å². The second kappa shape index (κ2) is 15.9. The SMILES string of the molecule is CC(C)(C)c1cc(/C=C/C(=O)O)c(O)c(C(C)(C)C)c1.CCOC(=O)/C=C/c1cc(C(C)(C)C)cc(C(C)(C)C)c1O.CO. The zero-order valence-corrected chi connectivity index (χ0v) is 29.3. The molecule has 7 heteroatoms. The summed E-state index contributed by atoms with van der Waals surface area (Å²) in [4.78, 5) is 22.2. The minimum absolute atomic E-state index is 0.0415. The highest BCUT2D eigenvalue weighted by Gasteiger charge is 2.25. The number of esters is 1. The molecule has 0 unspecified atom stereocenters. The van der Waals surface area contributed by atoms with Gasteiger partial charge in [-0.1, -0.05) is 95.2 Å². The van der Waals surface area contributed by atoms with Gasteiger partial charge >= 0.3 is 11.9 Å². The normalized spacial score (nSPS) is 12.3. The molecule has 0 aromatic heterocycles. The first-order valence-electron chi connectivity index (χ1n) is 14.9. The van der Waals surface area contributed by atoms with Crippen molar-refractivity contribution in [2.24, 2.45) is 0 Å². The average molecular weight is 613 g/mol. The quantitative estimate of drug-likeness (QED) is 0.198. The largest absolute Gasteiger partial charge is 0.507 e. The molecule has 0 heterocycles. The number of aromatic hydroxyl groups is 2. The standard InChI is InChI=1S/C19H28O3.C17H24O3.CH4O/c1-8-22-16(20)10-9-13-11-14(18(2,3)4)12-15(17(13)21)19(5,6)7;1-16(2,3)12-9-11(7-8-14(18)19)15(20)13(10-12)17(4,5)6;1-2/h9-12,21H,8H2,1-7H3;7-10,20H,1-6H3,(H,18,19);2H,1H3/b10-9+;8-7+;. The second-order valence-corrected chi connectivity index (χ2v) is 14.7. The maximum atomic E-state index is 11.5. The Hall–Kier alpha value is -3.58. The number of aliphatic hydroxyl groups excluding tert-OH is 1. The molecule has 0 atom stereocenters. The molecule has 0 fully saturated rings. The van der Waals surface area contributed by atoms with Crippen LogP contribution in [0.3, 0.4) is 0 Å². The molecule has 44 heavy (non-hydrogen) atoms. The van der Waals surface area contributed by atoms with Gasteiger partial charge in [0, 0.05) is 41.5 Å². The van der Waals surface area contributed by atoms with Gasteiger partial charge < -0.3 is 25.2 Å². The zero-order chi connectivity index (χ0) is 34.8. The fourth-order valence-electron chi connectivity index (χ4n) is 4.09. The lowest BCUT2D eigenvalue weighted by Crippen LogP contribution is -2.17. The van der Waals surface area contributed by atoms with E-state index < -0.39 is 11.9 Å². The molecule has 0 aliphatic carbocycles. The highest BCUT2D eigenvalue weighted by Crippen LogP contribution is 2.39. The zero-order valence-electron chi connectivity index (χ0n) is 29.3. The van der Waals surface area contributed by atoms with Gasteiger partial charge in [0.25, 0.3) is 0 Å². The van der Waals surface area contributed by atoms with Crippen molar-refractivity contribution in [3.05, 3.63) is 69.8 Å². The number of carbonyl (C=O) groups excluding carboxylic acids is 1. The Morgan fingerprint density at radius 3 is 1.25 bits per heavy atom. The molecular weight excluding hydrogens is 556 g/mol. The summed E-state index contributed by atoms with van der Waals surface area (Å²) < 4.78 is 4.89. The van der Waals surface area contributed by atoms with E-state index in [1.165, 1.54) is 12.2 Å². The van der Waals surface area contributed by atoms with Crippen molar-refractivity contribution in [2.45, 2.75) is 112 Å². The lowest BCUT2D eigenvalue weighted by Gasteiger charge is -2.27. The summed E-state index contributed by atoms with van der Waals surface area (Å²) in [6.45, 7) is 27.0. The van der Waals surface area contributed by atoms with Crippen molar-refractivity contribution in [3.63, 3.8) is 0 Å². The number of carbonyl (C=O) groups is 2. The van der Waals surface area contributed by atoms with Crippen LogP contribution >= 0.6 is 0 Å². The molecule has 246 valence electrons. The van der Waals surface area contributed by atoms with E-state index in [0.717, 1.165) is 35.4 Å². The fraction of sp³-hybridized carbons (Fsp3) is 0.514.